The van der Waals surface area contributed by atoms with Crippen LogP contribution in [0.2, 0.25) is 0 Å². The van der Waals surface area contributed by atoms with E-state index in [1.165, 1.54) is 0 Å². The van der Waals surface area contributed by atoms with Gasteiger partial charge in [-0.2, -0.15) is 0 Å². The molecule has 0 saturated carbocycles. The highest BCUT2D eigenvalue weighted by Gasteiger charge is 2.54. The Morgan fingerprint density at radius 3 is 2.50 bits per heavy atom. The third-order valence-electron chi connectivity index (χ3n) is 7.92. The lowest BCUT2D eigenvalue weighted by molar-refractivity contribution is -0.164. The van der Waals surface area contributed by atoms with Crippen molar-refractivity contribution in [2.45, 2.75) is 84.3 Å². The van der Waals surface area contributed by atoms with Crippen LogP contribution < -0.4 is 5.32 Å². The average Bonchev–Trinajstić information content (AvgIpc) is 3.35. The van der Waals surface area contributed by atoms with E-state index in [0.29, 0.717) is 51.4 Å². The molecule has 38 heavy (non-hydrogen) atoms. The number of unbranched alkanes of at least 4 members (excludes halogenated alkanes) is 1. The van der Waals surface area contributed by atoms with Crippen molar-refractivity contribution in [1.29, 1.82) is 0 Å². The summed E-state index contributed by atoms with van der Waals surface area (Å²) in [6, 6.07) is 6.98. The van der Waals surface area contributed by atoms with Crippen LogP contribution in [-0.4, -0.2) is 70.4 Å². The van der Waals surface area contributed by atoms with Crippen molar-refractivity contribution in [3.63, 3.8) is 0 Å². The maximum Gasteiger partial charge on any atom is 0.328 e. The fourth-order valence-corrected chi connectivity index (χ4v) is 5.86. The van der Waals surface area contributed by atoms with E-state index in [9.17, 15) is 14.4 Å². The number of piperazine rings is 1. The van der Waals surface area contributed by atoms with Gasteiger partial charge in [-0.3, -0.25) is 14.5 Å². The lowest BCUT2D eigenvalue weighted by Crippen LogP contribution is -2.73. The number of hydrogen-bond donors (Lipinski definition) is 2. The number of aromatic nitrogens is 1. The number of H-pyrrole nitrogens is 1. The number of aromatic amines is 1. The number of carbonyl (C=O) groups excluding carboxylic acids is 3. The molecule has 2 saturated heterocycles. The second-order valence-electron chi connectivity index (χ2n) is 11.8. The number of carbonyl (C=O) groups is 3. The first-order valence-electron chi connectivity index (χ1n) is 14.3. The predicted octanol–water partition coefficient (Wildman–Crippen LogP) is 4.42. The highest BCUT2D eigenvalue weighted by Crippen LogP contribution is 2.37. The Morgan fingerprint density at radius 1 is 1.11 bits per heavy atom. The van der Waals surface area contributed by atoms with Gasteiger partial charge in [-0.1, -0.05) is 47.1 Å². The molecule has 2 aromatic rings. The maximum atomic E-state index is 13.6. The largest absolute Gasteiger partial charge is 0.464 e. The zero-order chi connectivity index (χ0) is 27.4. The first-order valence-corrected chi connectivity index (χ1v) is 14.3. The van der Waals surface area contributed by atoms with Crippen molar-refractivity contribution in [3.05, 3.63) is 36.0 Å². The van der Waals surface area contributed by atoms with Gasteiger partial charge < -0.3 is 19.9 Å². The van der Waals surface area contributed by atoms with Crippen LogP contribution >= 0.6 is 0 Å². The quantitative estimate of drug-likeness (QED) is 0.449. The van der Waals surface area contributed by atoms with Gasteiger partial charge in [0.1, 0.15) is 17.6 Å². The Bertz CT molecular complexity index is 1130. The molecule has 2 amide bonds. The molecule has 8 nitrogen and oxygen atoms in total. The lowest BCUT2D eigenvalue weighted by atomic mass is 9.80. The minimum Gasteiger partial charge on any atom is -0.464 e. The van der Waals surface area contributed by atoms with Gasteiger partial charge in [-0.15, -0.1) is 0 Å². The summed E-state index contributed by atoms with van der Waals surface area (Å²) in [5, 5.41) is 4.11. The highest BCUT2D eigenvalue weighted by atomic mass is 16.5. The van der Waals surface area contributed by atoms with Crippen molar-refractivity contribution in [2.75, 3.05) is 26.2 Å². The summed E-state index contributed by atoms with van der Waals surface area (Å²) >= 11 is 0. The Hall–Kier alpha value is -2.87. The predicted molar refractivity (Wildman–Crippen MR) is 148 cm³/mol. The Kier molecular flexibility index (Phi) is 8.81. The van der Waals surface area contributed by atoms with Crippen LogP contribution in [0.4, 0.5) is 0 Å². The second kappa shape index (κ2) is 11.9. The number of nitrogens with one attached hydrogen (secondary N) is 2. The van der Waals surface area contributed by atoms with Crippen molar-refractivity contribution in [1.82, 2.24) is 20.1 Å². The number of nitrogens with zero attached hydrogens (tertiary/aromatic N) is 2. The van der Waals surface area contributed by atoms with E-state index in [1.54, 1.807) is 0 Å². The first-order chi connectivity index (χ1) is 18.2. The van der Waals surface area contributed by atoms with Crippen LogP contribution in [-0.2, 0) is 19.1 Å². The molecule has 0 bridgehead atoms. The molecule has 2 N–H and O–H groups in total. The van der Waals surface area contributed by atoms with E-state index in [-0.39, 0.29) is 23.7 Å². The molecule has 8 heteroatoms. The molecule has 1 aromatic carbocycles. The van der Waals surface area contributed by atoms with Crippen molar-refractivity contribution in [3.8, 4) is 0 Å². The van der Waals surface area contributed by atoms with E-state index in [0.717, 1.165) is 29.3 Å². The lowest BCUT2D eigenvalue weighted by Gasteiger charge is -2.52. The van der Waals surface area contributed by atoms with Gasteiger partial charge in [0.05, 0.1) is 6.61 Å². The molecular formula is C30H44N4O4. The molecule has 0 radical (unpaired) electrons. The molecule has 0 aliphatic carbocycles. The normalized spacial score (nSPS) is 20.9. The molecule has 208 valence electrons. The monoisotopic (exact) mass is 524 g/mol. The summed E-state index contributed by atoms with van der Waals surface area (Å²) in [6.07, 6.45) is 5.32. The summed E-state index contributed by atoms with van der Waals surface area (Å²) in [7, 11) is 0. The van der Waals surface area contributed by atoms with E-state index in [4.69, 9.17) is 4.74 Å². The zero-order valence-electron chi connectivity index (χ0n) is 23.6. The number of ether oxygens (including phenoxy) is 1. The van der Waals surface area contributed by atoms with Crippen LogP contribution in [0.15, 0.2) is 30.5 Å². The molecule has 2 atom stereocenters. The second-order valence-corrected chi connectivity index (χ2v) is 11.8. The number of amides is 2. The van der Waals surface area contributed by atoms with Crippen LogP contribution in [0.1, 0.15) is 78.3 Å². The fraction of sp³-hybridized carbons (Fsp3) is 0.633. The number of fused-ring (bicyclic) bond motifs is 1. The summed E-state index contributed by atoms with van der Waals surface area (Å²) in [4.78, 5) is 47.9. The van der Waals surface area contributed by atoms with Crippen LogP contribution in [0.25, 0.3) is 10.9 Å². The minimum absolute atomic E-state index is 0.0333. The summed E-state index contributed by atoms with van der Waals surface area (Å²) in [5.41, 5.74) is 1.03. The highest BCUT2D eigenvalue weighted by molar-refractivity contribution is 6.00. The number of hydrogen-bond acceptors (Lipinski definition) is 5. The van der Waals surface area contributed by atoms with Crippen molar-refractivity contribution < 1.29 is 19.1 Å². The molecule has 2 fully saturated rings. The minimum atomic E-state index is -0.868. The summed E-state index contributed by atoms with van der Waals surface area (Å²) in [5.74, 6) is 0.258. The summed E-state index contributed by atoms with van der Waals surface area (Å²) < 4.78 is 5.73. The van der Waals surface area contributed by atoms with E-state index in [2.05, 4.69) is 36.0 Å². The van der Waals surface area contributed by atoms with Gasteiger partial charge in [0.25, 0.3) is 0 Å². The van der Waals surface area contributed by atoms with Gasteiger partial charge in [0, 0.05) is 31.3 Å². The average molecular weight is 525 g/mol. The molecule has 2 aliphatic rings. The topological polar surface area (TPSA) is 94.7 Å². The van der Waals surface area contributed by atoms with Gasteiger partial charge in [-0.05, 0) is 66.7 Å². The number of piperidine rings is 1. The molecule has 1 aromatic heterocycles. The van der Waals surface area contributed by atoms with Gasteiger partial charge in [0.2, 0.25) is 11.8 Å². The van der Waals surface area contributed by atoms with Crippen LogP contribution in [0.3, 0.4) is 0 Å². The van der Waals surface area contributed by atoms with E-state index >= 15 is 0 Å². The molecule has 1 unspecified atom stereocenters. The molecule has 1 spiro atoms. The standard InChI is InChI=1S/C30H44N4O4/c1-6-7-14-34-27(35)25(17-20(2)3)32-29(37)30(34)11-15-33(16-12-30)26(28(36)38-19-21(4)5)23-8-9-24-22(18-23)10-13-31-24/h8-10,13,18,20-21,25-26,31H,6-7,11-12,14-17,19H2,1-5H3,(H,32,37)/t25-,26?/m0/s1. The third kappa shape index (κ3) is 5.75. The van der Waals surface area contributed by atoms with Crippen molar-refractivity contribution >= 4 is 28.7 Å². The fourth-order valence-electron chi connectivity index (χ4n) is 5.86. The zero-order valence-corrected chi connectivity index (χ0v) is 23.6. The molecule has 2 aliphatic heterocycles. The Morgan fingerprint density at radius 2 is 1.84 bits per heavy atom. The van der Waals surface area contributed by atoms with E-state index in [1.807, 2.05) is 49.2 Å². The third-order valence-corrected chi connectivity index (χ3v) is 7.92. The number of benzene rings is 1. The Balaban J connectivity index is 1.59. The molecular weight excluding hydrogens is 480 g/mol. The van der Waals surface area contributed by atoms with Crippen LogP contribution in [0, 0.1) is 11.8 Å². The number of rotatable bonds is 10. The Labute approximate surface area is 226 Å². The van der Waals surface area contributed by atoms with Gasteiger partial charge >= 0.3 is 5.97 Å². The number of esters is 1. The van der Waals surface area contributed by atoms with E-state index < -0.39 is 17.6 Å². The molecule has 4 rings (SSSR count). The smallest absolute Gasteiger partial charge is 0.328 e. The van der Waals surface area contributed by atoms with Gasteiger partial charge in [0.15, 0.2) is 0 Å². The maximum absolute atomic E-state index is 13.6. The SMILES string of the molecule is CCCCN1C(=O)[C@H](CC(C)C)NC(=O)C12CCN(C(C(=O)OCC(C)C)c1ccc3[nH]ccc3c1)CC2. The number of likely N-dealkylation sites (tertiary alicyclic amines) is 1. The molecule has 3 heterocycles. The summed E-state index contributed by atoms with van der Waals surface area (Å²) in [6.45, 7) is 12.3. The van der Waals surface area contributed by atoms with Gasteiger partial charge in [-0.25, -0.2) is 4.79 Å². The van der Waals surface area contributed by atoms with Crippen molar-refractivity contribution in [2.24, 2.45) is 11.8 Å². The first kappa shape index (κ1) is 28.1. The van der Waals surface area contributed by atoms with Crippen LogP contribution in [0.5, 0.6) is 0 Å².